The van der Waals surface area contributed by atoms with Crippen LogP contribution in [0.5, 0.6) is 11.5 Å². The average Bonchev–Trinajstić information content (AvgIpc) is 2.55. The van der Waals surface area contributed by atoms with Gasteiger partial charge >= 0.3 is 0 Å². The molecule has 0 radical (unpaired) electrons. The van der Waals surface area contributed by atoms with Gasteiger partial charge in [-0.25, -0.2) is 0 Å². The number of ether oxygens (including phenoxy) is 3. The zero-order valence-electron chi connectivity index (χ0n) is 13.0. The molecule has 0 saturated heterocycles. The Hall–Kier alpha value is -0.000000000000000167. The largest absolute Gasteiger partial charge is 0.490 e. The van der Waals surface area contributed by atoms with Crippen molar-refractivity contribution in [2.75, 3.05) is 26.4 Å². The van der Waals surface area contributed by atoms with Crippen LogP contribution in [0.3, 0.4) is 0 Å². The minimum absolute atomic E-state index is 0.127. The monoisotopic (exact) mass is 466 g/mol. The van der Waals surface area contributed by atoms with Crippen molar-refractivity contribution < 1.29 is 14.2 Å². The van der Waals surface area contributed by atoms with Crippen molar-refractivity contribution in [1.29, 1.82) is 0 Å². The molecule has 1 aromatic carbocycles. The van der Waals surface area contributed by atoms with Crippen LogP contribution in [-0.4, -0.2) is 26.4 Å². The fourth-order valence-corrected chi connectivity index (χ4v) is 2.48. The molecule has 140 valence electrons. The van der Waals surface area contributed by atoms with Gasteiger partial charge in [0, 0.05) is 24.3 Å². The molecule has 0 fully saturated rings. The van der Waals surface area contributed by atoms with Crippen LogP contribution in [0.2, 0.25) is 10.0 Å². The Balaban J connectivity index is 2.37. The summed E-state index contributed by atoms with van der Waals surface area (Å²) < 4.78 is 16.5. The molecule has 0 aliphatic carbocycles. The number of hydrogen-bond donors (Lipinski definition) is 0. The van der Waals surface area contributed by atoms with Gasteiger partial charge in [0.25, 0.3) is 0 Å². The molecule has 0 aromatic heterocycles. The Kier molecular flexibility index (Phi) is 12.2. The molecule has 0 aliphatic rings. The summed E-state index contributed by atoms with van der Waals surface area (Å²) in [6.07, 6.45) is 3.08. The first-order valence-electron chi connectivity index (χ1n) is 7.22. The fraction of sp³-hybridized carbons (Fsp3) is 0.375. The molecule has 0 heterocycles. The van der Waals surface area contributed by atoms with E-state index in [1.807, 2.05) is 0 Å². The van der Waals surface area contributed by atoms with Crippen LogP contribution in [0.4, 0.5) is 0 Å². The molecule has 0 unspecified atom stereocenters. The highest BCUT2D eigenvalue weighted by Crippen LogP contribution is 2.37. The highest BCUT2D eigenvalue weighted by Gasteiger charge is 2.10. The van der Waals surface area contributed by atoms with Gasteiger partial charge in [0.05, 0.1) is 28.3 Å². The van der Waals surface area contributed by atoms with Gasteiger partial charge in [-0.3, -0.25) is 0 Å². The summed E-state index contributed by atoms with van der Waals surface area (Å²) in [5.74, 6) is 0.904. The van der Waals surface area contributed by atoms with Crippen molar-refractivity contribution in [1.82, 2.24) is 0 Å². The molecule has 0 atom stereocenters. The summed E-state index contributed by atoms with van der Waals surface area (Å²) in [7, 11) is 0. The standard InChI is InChI=1S/C16H16Cl6O3/c17-9-11(18)10-23-4-1-2-5-25-16-13(19)7-12(8-14(16)20)24-6-3-15(21)22/h3,7-9H,1-2,4-6,10H2/b11-9-. The quantitative estimate of drug-likeness (QED) is 0.322. The Morgan fingerprint density at radius 1 is 0.960 bits per heavy atom. The highest BCUT2D eigenvalue weighted by atomic mass is 35.5. The molecule has 0 amide bonds. The molecule has 3 nitrogen and oxygen atoms in total. The van der Waals surface area contributed by atoms with Crippen LogP contribution < -0.4 is 9.47 Å². The zero-order chi connectivity index (χ0) is 18.7. The molecule has 1 aromatic rings. The van der Waals surface area contributed by atoms with E-state index in [4.69, 9.17) is 83.8 Å². The first kappa shape index (κ1) is 23.0. The van der Waals surface area contributed by atoms with E-state index in [1.54, 1.807) is 12.1 Å². The lowest BCUT2D eigenvalue weighted by atomic mass is 10.3. The number of benzene rings is 1. The van der Waals surface area contributed by atoms with Gasteiger partial charge < -0.3 is 14.2 Å². The van der Waals surface area contributed by atoms with Crippen molar-refractivity contribution >= 4 is 69.6 Å². The SMILES string of the molecule is Cl/C=C(\Cl)COCCCCOc1c(Cl)cc(OCC=C(Cl)Cl)cc1Cl. The number of hydrogen-bond acceptors (Lipinski definition) is 3. The van der Waals surface area contributed by atoms with Gasteiger partial charge in [-0.2, -0.15) is 0 Å². The summed E-state index contributed by atoms with van der Waals surface area (Å²) in [5, 5.41) is 1.18. The molecule has 0 aliphatic heterocycles. The molecule has 0 N–H and O–H groups in total. The molecule has 1 rings (SSSR count). The second-order valence-electron chi connectivity index (χ2n) is 4.68. The topological polar surface area (TPSA) is 27.7 Å². The lowest BCUT2D eigenvalue weighted by Gasteiger charge is -2.12. The lowest BCUT2D eigenvalue weighted by molar-refractivity contribution is 0.150. The maximum Gasteiger partial charge on any atom is 0.156 e. The molecule has 9 heteroatoms. The minimum atomic E-state index is 0.127. The maximum absolute atomic E-state index is 6.17. The second-order valence-corrected chi connectivity index (χ2v) is 7.21. The van der Waals surface area contributed by atoms with Gasteiger partial charge in [-0.1, -0.05) is 69.6 Å². The Morgan fingerprint density at radius 3 is 2.20 bits per heavy atom. The smallest absolute Gasteiger partial charge is 0.156 e. The number of halogens is 6. The minimum Gasteiger partial charge on any atom is -0.490 e. The molecule has 25 heavy (non-hydrogen) atoms. The van der Waals surface area contributed by atoms with E-state index in [2.05, 4.69) is 0 Å². The number of rotatable bonds is 11. The van der Waals surface area contributed by atoms with Crippen LogP contribution in [0.25, 0.3) is 0 Å². The predicted molar refractivity (Wildman–Crippen MR) is 107 cm³/mol. The Morgan fingerprint density at radius 2 is 1.60 bits per heavy atom. The highest BCUT2D eigenvalue weighted by molar-refractivity contribution is 6.55. The van der Waals surface area contributed by atoms with Crippen molar-refractivity contribution in [3.05, 3.63) is 43.3 Å². The summed E-state index contributed by atoms with van der Waals surface area (Å²) in [5.41, 5.74) is 1.28. The molecule has 0 saturated carbocycles. The first-order valence-corrected chi connectivity index (χ1v) is 9.55. The molecular weight excluding hydrogens is 453 g/mol. The second kappa shape index (κ2) is 13.2. The summed E-state index contributed by atoms with van der Waals surface area (Å²) in [6.45, 7) is 1.51. The van der Waals surface area contributed by atoms with E-state index >= 15 is 0 Å². The third-order valence-corrected chi connectivity index (χ3v) is 4.21. The molecule has 0 spiro atoms. The maximum atomic E-state index is 6.17. The van der Waals surface area contributed by atoms with Gasteiger partial charge in [0.15, 0.2) is 5.75 Å². The van der Waals surface area contributed by atoms with Crippen molar-refractivity contribution in [3.8, 4) is 11.5 Å². The van der Waals surface area contributed by atoms with E-state index in [9.17, 15) is 0 Å². The fourth-order valence-electron chi connectivity index (χ4n) is 1.64. The van der Waals surface area contributed by atoms with E-state index in [-0.39, 0.29) is 11.1 Å². The number of unbranched alkanes of at least 4 members (excludes halogenated alkanes) is 1. The third kappa shape index (κ3) is 10.0. The summed E-state index contributed by atoms with van der Waals surface area (Å²) in [4.78, 5) is 0. The van der Waals surface area contributed by atoms with Gasteiger partial charge in [0.2, 0.25) is 0 Å². The van der Waals surface area contributed by atoms with Crippen LogP contribution in [0.1, 0.15) is 12.8 Å². The van der Waals surface area contributed by atoms with Crippen LogP contribution in [0.15, 0.2) is 33.3 Å². The van der Waals surface area contributed by atoms with Crippen LogP contribution >= 0.6 is 69.6 Å². The van der Waals surface area contributed by atoms with E-state index in [0.717, 1.165) is 12.8 Å². The average molecular weight is 469 g/mol. The van der Waals surface area contributed by atoms with Crippen LogP contribution in [-0.2, 0) is 4.74 Å². The zero-order valence-corrected chi connectivity index (χ0v) is 17.6. The van der Waals surface area contributed by atoms with Crippen molar-refractivity contribution in [3.63, 3.8) is 0 Å². The summed E-state index contributed by atoms with van der Waals surface area (Å²) >= 11 is 34.5. The van der Waals surface area contributed by atoms with Gasteiger partial charge in [-0.05, 0) is 18.9 Å². The van der Waals surface area contributed by atoms with Crippen molar-refractivity contribution in [2.45, 2.75) is 12.8 Å². The Bertz CT molecular complexity index is 577. The van der Waals surface area contributed by atoms with E-state index < -0.39 is 0 Å². The predicted octanol–water partition coefficient (Wildman–Crippen LogP) is 7.19. The van der Waals surface area contributed by atoms with Crippen LogP contribution in [0, 0.1) is 0 Å². The lowest BCUT2D eigenvalue weighted by Crippen LogP contribution is -2.03. The summed E-state index contributed by atoms with van der Waals surface area (Å²) in [6, 6.07) is 3.23. The Labute approximate surface area is 177 Å². The van der Waals surface area contributed by atoms with Crippen molar-refractivity contribution in [2.24, 2.45) is 0 Å². The van der Waals surface area contributed by atoms with Gasteiger partial charge in [0.1, 0.15) is 16.8 Å². The van der Waals surface area contributed by atoms with E-state index in [0.29, 0.717) is 46.4 Å². The first-order chi connectivity index (χ1) is 11.9. The van der Waals surface area contributed by atoms with E-state index in [1.165, 1.54) is 11.6 Å². The third-order valence-electron chi connectivity index (χ3n) is 2.75. The normalized spacial score (nSPS) is 11.4. The van der Waals surface area contributed by atoms with Gasteiger partial charge in [-0.15, -0.1) is 0 Å². The molecular formula is C16H16Cl6O3. The molecule has 0 bridgehead atoms.